The maximum Gasteiger partial charge on any atom is 0.446 e. The first-order valence-electron chi connectivity index (χ1n) is 7.10. The molecule has 0 aliphatic carbocycles. The third-order valence-electron chi connectivity index (χ3n) is 3.08. The van der Waals surface area contributed by atoms with Crippen molar-refractivity contribution in [1.29, 1.82) is 0 Å². The van der Waals surface area contributed by atoms with Crippen molar-refractivity contribution < 1.29 is 31.1 Å². The van der Waals surface area contributed by atoms with Gasteiger partial charge in [-0.3, -0.25) is 0 Å². The van der Waals surface area contributed by atoms with Gasteiger partial charge in [0, 0.05) is 17.1 Å². The summed E-state index contributed by atoms with van der Waals surface area (Å²) in [5.41, 5.74) is -4.44. The average Bonchev–Trinajstić information content (AvgIpc) is 2.53. The number of thioether (sulfide) groups is 1. The molecule has 0 radical (unpaired) electrons. The number of rotatable bonds is 4. The minimum absolute atomic E-state index is 0.00796. The van der Waals surface area contributed by atoms with E-state index < -0.39 is 23.3 Å². The summed E-state index contributed by atoms with van der Waals surface area (Å²) in [6, 6.07) is 8.71. The number of halogens is 6. The molecule has 26 heavy (non-hydrogen) atoms. The molecule has 10 heteroatoms. The van der Waals surface area contributed by atoms with E-state index in [9.17, 15) is 31.1 Å². The number of carbonyl (C=O) groups excluding carboxylic acids is 1. The van der Waals surface area contributed by atoms with Crippen molar-refractivity contribution in [2.45, 2.75) is 23.1 Å². The molecular weight excluding hydrogens is 382 g/mol. The van der Waals surface area contributed by atoms with Crippen LogP contribution in [0, 0.1) is 0 Å². The molecule has 0 fully saturated rings. The van der Waals surface area contributed by atoms with Gasteiger partial charge in [0.1, 0.15) is 0 Å². The maximum absolute atomic E-state index is 12.5. The summed E-state index contributed by atoms with van der Waals surface area (Å²) >= 11 is -0.270. The van der Waals surface area contributed by atoms with E-state index in [1.807, 2.05) is 0 Å². The van der Waals surface area contributed by atoms with Crippen LogP contribution in [0.15, 0.2) is 53.4 Å². The second kappa shape index (κ2) is 7.90. The van der Waals surface area contributed by atoms with Gasteiger partial charge in [0.25, 0.3) is 0 Å². The smallest absolute Gasteiger partial charge is 0.334 e. The minimum atomic E-state index is -4.43. The standard InChI is InChI=1S/C16H12F6N2OS/c17-15(18,19)11-3-1-10(2-4-11)9-23-14(25)24-12-5-7-13(8-6-12)26-16(20,21)22/h1-8H,9H2,(H2,23,24,25). The molecule has 0 atom stereocenters. The highest BCUT2D eigenvalue weighted by atomic mass is 32.2. The number of hydrogen-bond donors (Lipinski definition) is 2. The summed E-state index contributed by atoms with van der Waals surface area (Å²) in [5.74, 6) is 0. The van der Waals surface area contributed by atoms with E-state index in [1.165, 1.54) is 36.4 Å². The lowest BCUT2D eigenvalue weighted by atomic mass is 10.1. The second-order valence-electron chi connectivity index (χ2n) is 5.07. The van der Waals surface area contributed by atoms with Crippen molar-refractivity contribution in [3.8, 4) is 0 Å². The number of nitrogens with one attached hydrogen (secondary N) is 2. The van der Waals surface area contributed by atoms with E-state index in [0.29, 0.717) is 5.56 Å². The predicted octanol–water partition coefficient (Wildman–Crippen LogP) is 5.64. The molecule has 3 nitrogen and oxygen atoms in total. The molecule has 2 aromatic rings. The Kier molecular flexibility index (Phi) is 6.06. The van der Waals surface area contributed by atoms with Gasteiger partial charge in [-0.2, -0.15) is 26.3 Å². The van der Waals surface area contributed by atoms with Crippen LogP contribution < -0.4 is 10.6 Å². The lowest BCUT2D eigenvalue weighted by Gasteiger charge is -2.10. The zero-order valence-electron chi connectivity index (χ0n) is 12.9. The Morgan fingerprint density at radius 2 is 1.46 bits per heavy atom. The molecular formula is C16H12F6N2OS. The van der Waals surface area contributed by atoms with E-state index >= 15 is 0 Å². The lowest BCUT2D eigenvalue weighted by molar-refractivity contribution is -0.137. The van der Waals surface area contributed by atoms with Crippen LogP contribution in [0.4, 0.5) is 36.8 Å². The molecule has 2 aromatic carbocycles. The third-order valence-corrected chi connectivity index (χ3v) is 3.82. The van der Waals surface area contributed by atoms with Crippen LogP contribution in [0.5, 0.6) is 0 Å². The van der Waals surface area contributed by atoms with Crippen molar-refractivity contribution in [2.24, 2.45) is 0 Å². The number of urea groups is 1. The number of amides is 2. The lowest BCUT2D eigenvalue weighted by Crippen LogP contribution is -2.28. The van der Waals surface area contributed by atoms with Crippen LogP contribution in [-0.4, -0.2) is 11.5 Å². The van der Waals surface area contributed by atoms with Gasteiger partial charge in [-0.05, 0) is 53.7 Å². The molecule has 0 saturated carbocycles. The first kappa shape index (κ1) is 20.0. The van der Waals surface area contributed by atoms with Crippen LogP contribution in [-0.2, 0) is 12.7 Å². The van der Waals surface area contributed by atoms with Crippen molar-refractivity contribution in [2.75, 3.05) is 5.32 Å². The van der Waals surface area contributed by atoms with Crippen molar-refractivity contribution in [3.05, 3.63) is 59.7 Å². The molecule has 0 bridgehead atoms. The molecule has 0 saturated heterocycles. The van der Waals surface area contributed by atoms with Gasteiger partial charge >= 0.3 is 17.7 Å². The Hall–Kier alpha value is -2.36. The van der Waals surface area contributed by atoms with Gasteiger partial charge in [0.05, 0.1) is 5.56 Å². The van der Waals surface area contributed by atoms with E-state index in [0.717, 1.165) is 12.1 Å². The number of benzene rings is 2. The fraction of sp³-hybridized carbons (Fsp3) is 0.188. The summed E-state index contributed by atoms with van der Waals surface area (Å²) in [6.07, 6.45) is -4.43. The summed E-state index contributed by atoms with van der Waals surface area (Å²) in [7, 11) is 0. The molecule has 0 aliphatic heterocycles. The number of hydrogen-bond acceptors (Lipinski definition) is 2. The summed E-state index contributed by atoms with van der Waals surface area (Å²) in [5, 5.41) is 4.86. The largest absolute Gasteiger partial charge is 0.446 e. The van der Waals surface area contributed by atoms with Crippen LogP contribution in [0.2, 0.25) is 0 Å². The molecule has 0 spiro atoms. The minimum Gasteiger partial charge on any atom is -0.334 e. The van der Waals surface area contributed by atoms with Crippen LogP contribution in [0.25, 0.3) is 0 Å². The summed E-state index contributed by atoms with van der Waals surface area (Å²) in [4.78, 5) is 11.7. The molecule has 0 aromatic heterocycles. The van der Waals surface area contributed by atoms with E-state index in [-0.39, 0.29) is 28.9 Å². The summed E-state index contributed by atoms with van der Waals surface area (Å²) < 4.78 is 74.0. The van der Waals surface area contributed by atoms with Gasteiger partial charge < -0.3 is 10.6 Å². The predicted molar refractivity (Wildman–Crippen MR) is 85.7 cm³/mol. The Labute approximate surface area is 148 Å². The monoisotopic (exact) mass is 394 g/mol. The third kappa shape index (κ3) is 6.51. The highest BCUT2D eigenvalue weighted by Gasteiger charge is 2.30. The molecule has 2 N–H and O–H groups in total. The molecule has 0 unspecified atom stereocenters. The molecule has 0 heterocycles. The SMILES string of the molecule is O=C(NCc1ccc(C(F)(F)F)cc1)Nc1ccc(SC(F)(F)F)cc1. The fourth-order valence-corrected chi connectivity index (χ4v) is 2.45. The highest BCUT2D eigenvalue weighted by molar-refractivity contribution is 8.00. The first-order valence-corrected chi connectivity index (χ1v) is 7.91. The normalized spacial score (nSPS) is 11.9. The van der Waals surface area contributed by atoms with Gasteiger partial charge in [0.15, 0.2) is 0 Å². The average molecular weight is 394 g/mol. The van der Waals surface area contributed by atoms with Crippen LogP contribution in [0.1, 0.15) is 11.1 Å². The van der Waals surface area contributed by atoms with Gasteiger partial charge in [-0.1, -0.05) is 12.1 Å². The molecule has 2 amide bonds. The van der Waals surface area contributed by atoms with Crippen molar-refractivity contribution in [1.82, 2.24) is 5.32 Å². The Balaban J connectivity index is 1.85. The van der Waals surface area contributed by atoms with E-state index in [4.69, 9.17) is 0 Å². The van der Waals surface area contributed by atoms with E-state index in [2.05, 4.69) is 10.6 Å². The zero-order chi connectivity index (χ0) is 19.4. The Morgan fingerprint density at radius 1 is 0.885 bits per heavy atom. The zero-order valence-corrected chi connectivity index (χ0v) is 13.7. The Bertz CT molecular complexity index is 741. The Morgan fingerprint density at radius 3 is 1.96 bits per heavy atom. The first-order chi connectivity index (χ1) is 12.0. The number of anilines is 1. The van der Waals surface area contributed by atoms with Crippen LogP contribution in [0.3, 0.4) is 0 Å². The molecule has 0 aliphatic rings. The topological polar surface area (TPSA) is 41.1 Å². The van der Waals surface area contributed by atoms with Crippen molar-refractivity contribution in [3.63, 3.8) is 0 Å². The van der Waals surface area contributed by atoms with Gasteiger partial charge in [-0.25, -0.2) is 4.79 Å². The van der Waals surface area contributed by atoms with E-state index in [1.54, 1.807) is 0 Å². The number of carbonyl (C=O) groups is 1. The molecule has 140 valence electrons. The second-order valence-corrected chi connectivity index (χ2v) is 6.21. The molecule has 2 rings (SSSR count). The summed E-state index contributed by atoms with van der Waals surface area (Å²) in [6.45, 7) is -0.00796. The van der Waals surface area contributed by atoms with Gasteiger partial charge in [-0.15, -0.1) is 0 Å². The highest BCUT2D eigenvalue weighted by Crippen LogP contribution is 2.37. The quantitative estimate of drug-likeness (QED) is 0.521. The fourth-order valence-electron chi connectivity index (χ4n) is 1.91. The van der Waals surface area contributed by atoms with Gasteiger partial charge in [0.2, 0.25) is 0 Å². The number of alkyl halides is 6. The van der Waals surface area contributed by atoms with Crippen LogP contribution >= 0.6 is 11.8 Å². The maximum atomic E-state index is 12.5. The van der Waals surface area contributed by atoms with Crippen molar-refractivity contribution >= 4 is 23.5 Å².